The number of aromatic nitrogens is 1. The van der Waals surface area contributed by atoms with Gasteiger partial charge in [-0.3, -0.25) is 19.6 Å². The standard InChI is InChI=1S/C28H36N4O4S/c1-28(2,3)27-23(22-13-12-21(18-24(22)29-27)31-37(4,35)36)15-17-32-16-5-6-25(32)20-10-7-19(8-11-20)9-14-26(33)30-34/h7-14,18,25,29,31,34H,5-6,15-17H2,1-4H3,(H,30,33)/b14-9+. The highest BCUT2D eigenvalue weighted by molar-refractivity contribution is 7.92. The molecular weight excluding hydrogens is 488 g/mol. The summed E-state index contributed by atoms with van der Waals surface area (Å²) in [6.07, 6.45) is 7.25. The van der Waals surface area contributed by atoms with Gasteiger partial charge in [0, 0.05) is 40.7 Å². The van der Waals surface area contributed by atoms with E-state index in [0.717, 1.165) is 55.1 Å². The van der Waals surface area contributed by atoms with Gasteiger partial charge in [-0.1, -0.05) is 51.1 Å². The summed E-state index contributed by atoms with van der Waals surface area (Å²) in [4.78, 5) is 17.3. The lowest BCUT2D eigenvalue weighted by Crippen LogP contribution is -2.26. The van der Waals surface area contributed by atoms with Crippen molar-refractivity contribution in [1.29, 1.82) is 0 Å². The Kier molecular flexibility index (Phi) is 7.77. The van der Waals surface area contributed by atoms with Gasteiger partial charge in [0.2, 0.25) is 10.0 Å². The maximum atomic E-state index is 11.7. The van der Waals surface area contributed by atoms with E-state index >= 15 is 0 Å². The van der Waals surface area contributed by atoms with Gasteiger partial charge >= 0.3 is 0 Å². The molecule has 0 bridgehead atoms. The predicted molar refractivity (Wildman–Crippen MR) is 148 cm³/mol. The summed E-state index contributed by atoms with van der Waals surface area (Å²) in [5, 5.41) is 9.77. The highest BCUT2D eigenvalue weighted by Gasteiger charge is 2.28. The first-order valence-corrected chi connectivity index (χ1v) is 14.4. The van der Waals surface area contributed by atoms with E-state index in [1.54, 1.807) is 11.6 Å². The van der Waals surface area contributed by atoms with E-state index in [4.69, 9.17) is 5.21 Å². The van der Waals surface area contributed by atoms with E-state index in [1.807, 2.05) is 30.3 Å². The molecule has 2 aromatic carbocycles. The lowest BCUT2D eigenvalue weighted by atomic mass is 9.88. The number of anilines is 1. The number of H-pyrrole nitrogens is 1. The van der Waals surface area contributed by atoms with Crippen LogP contribution >= 0.6 is 0 Å². The van der Waals surface area contributed by atoms with E-state index < -0.39 is 15.9 Å². The number of amides is 1. The molecule has 37 heavy (non-hydrogen) atoms. The molecule has 1 aromatic heterocycles. The number of likely N-dealkylation sites (tertiary alicyclic amines) is 1. The van der Waals surface area contributed by atoms with Crippen molar-refractivity contribution in [2.24, 2.45) is 0 Å². The van der Waals surface area contributed by atoms with Gasteiger partial charge in [-0.2, -0.15) is 0 Å². The minimum absolute atomic E-state index is 0.0839. The third kappa shape index (κ3) is 6.60. The molecule has 1 amide bonds. The molecule has 4 N–H and O–H groups in total. The largest absolute Gasteiger partial charge is 0.358 e. The van der Waals surface area contributed by atoms with E-state index in [9.17, 15) is 13.2 Å². The molecule has 1 unspecified atom stereocenters. The van der Waals surface area contributed by atoms with Crippen LogP contribution in [0.1, 0.15) is 62.0 Å². The van der Waals surface area contributed by atoms with E-state index in [0.29, 0.717) is 11.7 Å². The maximum Gasteiger partial charge on any atom is 0.267 e. The molecular formula is C28H36N4O4S. The second-order valence-electron chi connectivity index (χ2n) is 10.8. The Morgan fingerprint density at radius 2 is 1.92 bits per heavy atom. The summed E-state index contributed by atoms with van der Waals surface area (Å²) in [5.74, 6) is -0.555. The number of fused-ring (bicyclic) bond motifs is 1. The van der Waals surface area contributed by atoms with E-state index in [-0.39, 0.29) is 5.41 Å². The zero-order valence-corrected chi connectivity index (χ0v) is 22.7. The van der Waals surface area contributed by atoms with Crippen molar-refractivity contribution in [3.05, 3.63) is 70.9 Å². The molecule has 0 spiro atoms. The van der Waals surface area contributed by atoms with Crippen molar-refractivity contribution in [3.8, 4) is 0 Å². The van der Waals surface area contributed by atoms with Gasteiger partial charge in [0.25, 0.3) is 5.91 Å². The second kappa shape index (κ2) is 10.7. The molecule has 1 atom stereocenters. The Morgan fingerprint density at radius 1 is 1.19 bits per heavy atom. The normalized spacial score (nSPS) is 17.1. The summed E-state index contributed by atoms with van der Waals surface area (Å²) in [6.45, 7) is 8.53. The van der Waals surface area contributed by atoms with Crippen molar-refractivity contribution in [1.82, 2.24) is 15.4 Å². The molecule has 8 nitrogen and oxygen atoms in total. The highest BCUT2D eigenvalue weighted by Crippen LogP contribution is 2.36. The van der Waals surface area contributed by atoms with Crippen molar-refractivity contribution < 1.29 is 18.4 Å². The Morgan fingerprint density at radius 3 is 2.57 bits per heavy atom. The summed E-state index contributed by atoms with van der Waals surface area (Å²) < 4.78 is 26.0. The molecule has 1 aliphatic heterocycles. The molecule has 2 heterocycles. The van der Waals surface area contributed by atoms with Crippen molar-refractivity contribution in [2.75, 3.05) is 24.1 Å². The third-order valence-electron chi connectivity index (χ3n) is 6.83. The number of nitrogens with one attached hydrogen (secondary N) is 3. The molecule has 1 saturated heterocycles. The molecule has 1 aliphatic rings. The summed E-state index contributed by atoms with van der Waals surface area (Å²) >= 11 is 0. The number of carbonyl (C=O) groups is 1. The molecule has 0 radical (unpaired) electrons. The zero-order valence-electron chi connectivity index (χ0n) is 21.8. The summed E-state index contributed by atoms with van der Waals surface area (Å²) in [6, 6.07) is 14.3. The fourth-order valence-electron chi connectivity index (χ4n) is 5.20. The number of benzene rings is 2. The van der Waals surface area contributed by atoms with Gasteiger partial charge in [0.15, 0.2) is 0 Å². The Balaban J connectivity index is 1.54. The topological polar surface area (TPSA) is 115 Å². The van der Waals surface area contributed by atoms with Crippen LogP contribution in [0.2, 0.25) is 0 Å². The number of hydrogen-bond donors (Lipinski definition) is 4. The molecule has 0 saturated carbocycles. The molecule has 0 aliphatic carbocycles. The molecule has 198 valence electrons. The Bertz CT molecular complexity index is 1400. The number of carbonyl (C=O) groups excluding carboxylic acids is 1. The van der Waals surface area contributed by atoms with Crippen LogP contribution in [-0.4, -0.2) is 48.8 Å². The monoisotopic (exact) mass is 524 g/mol. The van der Waals surface area contributed by atoms with Crippen LogP contribution in [0.25, 0.3) is 17.0 Å². The minimum atomic E-state index is -3.34. The van der Waals surface area contributed by atoms with Gasteiger partial charge in [-0.05, 0) is 60.7 Å². The predicted octanol–water partition coefficient (Wildman–Crippen LogP) is 4.74. The minimum Gasteiger partial charge on any atom is -0.358 e. The van der Waals surface area contributed by atoms with Crippen molar-refractivity contribution in [3.63, 3.8) is 0 Å². The second-order valence-corrected chi connectivity index (χ2v) is 12.5. The number of sulfonamides is 1. The first-order valence-electron chi connectivity index (χ1n) is 12.5. The first-order chi connectivity index (χ1) is 17.4. The van der Waals surface area contributed by atoms with Crippen LogP contribution in [0, 0.1) is 0 Å². The van der Waals surface area contributed by atoms with Crippen LogP contribution in [-0.2, 0) is 26.7 Å². The van der Waals surface area contributed by atoms with Gasteiger partial charge in [-0.15, -0.1) is 0 Å². The number of hydroxylamine groups is 1. The lowest BCUT2D eigenvalue weighted by molar-refractivity contribution is -0.124. The van der Waals surface area contributed by atoms with Crippen LogP contribution in [0.5, 0.6) is 0 Å². The van der Waals surface area contributed by atoms with Crippen LogP contribution in [0.3, 0.4) is 0 Å². The Hall–Kier alpha value is -3.14. The van der Waals surface area contributed by atoms with Crippen LogP contribution in [0.4, 0.5) is 5.69 Å². The van der Waals surface area contributed by atoms with Gasteiger partial charge in [0.1, 0.15) is 0 Å². The zero-order chi connectivity index (χ0) is 26.8. The Labute approximate surface area is 218 Å². The molecule has 4 rings (SSSR count). The van der Waals surface area contributed by atoms with Crippen molar-refractivity contribution in [2.45, 2.75) is 51.5 Å². The molecule has 9 heteroatoms. The van der Waals surface area contributed by atoms with E-state index in [2.05, 4.69) is 47.5 Å². The molecule has 3 aromatic rings. The SMILES string of the molecule is CC(C)(C)c1[nH]c2cc(NS(C)(=O)=O)ccc2c1CCN1CCCC1c1ccc(/C=C/C(=O)NO)cc1. The average Bonchev–Trinajstić information content (AvgIpc) is 3.44. The third-order valence-corrected chi connectivity index (χ3v) is 7.44. The number of hydrogen-bond acceptors (Lipinski definition) is 5. The van der Waals surface area contributed by atoms with Gasteiger partial charge in [-0.25, -0.2) is 13.9 Å². The first kappa shape index (κ1) is 26.9. The maximum absolute atomic E-state index is 11.7. The van der Waals surface area contributed by atoms with Gasteiger partial charge in [0.05, 0.1) is 11.9 Å². The average molecular weight is 525 g/mol. The number of aromatic amines is 1. The molecule has 1 fully saturated rings. The van der Waals surface area contributed by atoms with Crippen LogP contribution < -0.4 is 10.2 Å². The lowest BCUT2D eigenvalue weighted by Gasteiger charge is -2.26. The summed E-state index contributed by atoms with van der Waals surface area (Å²) in [7, 11) is -3.34. The quantitative estimate of drug-likeness (QED) is 0.193. The smallest absolute Gasteiger partial charge is 0.267 e. The fraction of sp³-hybridized carbons (Fsp3) is 0.393. The highest BCUT2D eigenvalue weighted by atomic mass is 32.2. The fourth-order valence-corrected chi connectivity index (χ4v) is 5.75. The number of rotatable bonds is 8. The van der Waals surface area contributed by atoms with Crippen LogP contribution in [0.15, 0.2) is 48.5 Å². The van der Waals surface area contributed by atoms with E-state index in [1.165, 1.54) is 22.9 Å². The number of nitrogens with zero attached hydrogens (tertiary/aromatic N) is 1. The van der Waals surface area contributed by atoms with Crippen molar-refractivity contribution >= 4 is 38.6 Å². The summed E-state index contributed by atoms with van der Waals surface area (Å²) in [5.41, 5.74) is 7.62. The van der Waals surface area contributed by atoms with Gasteiger partial charge < -0.3 is 4.98 Å².